The minimum absolute atomic E-state index is 0.0286. The van der Waals surface area contributed by atoms with Gasteiger partial charge in [0.15, 0.2) is 17.3 Å². The molecule has 39 heavy (non-hydrogen) atoms. The summed E-state index contributed by atoms with van der Waals surface area (Å²) in [4.78, 5) is 42.0. The maximum absolute atomic E-state index is 12.8. The van der Waals surface area contributed by atoms with Crippen LogP contribution in [0.2, 0.25) is 0 Å². The van der Waals surface area contributed by atoms with E-state index in [-0.39, 0.29) is 47.1 Å². The van der Waals surface area contributed by atoms with Crippen molar-refractivity contribution in [1.82, 2.24) is 20.5 Å². The molecule has 0 saturated heterocycles. The summed E-state index contributed by atoms with van der Waals surface area (Å²) in [5.74, 6) is -0.553. The van der Waals surface area contributed by atoms with E-state index in [4.69, 9.17) is 10.5 Å². The van der Waals surface area contributed by atoms with Crippen molar-refractivity contribution in [3.63, 3.8) is 0 Å². The number of anilines is 3. The van der Waals surface area contributed by atoms with E-state index in [1.165, 1.54) is 30.7 Å². The first-order chi connectivity index (χ1) is 18.8. The van der Waals surface area contributed by atoms with Gasteiger partial charge in [0.25, 0.3) is 11.8 Å². The van der Waals surface area contributed by atoms with Gasteiger partial charge in [-0.1, -0.05) is 6.07 Å². The number of primary amides is 1. The number of hydrogen-bond donors (Lipinski definition) is 5. The second-order valence-corrected chi connectivity index (χ2v) is 10.7. The first-order valence-electron chi connectivity index (χ1n) is 12.7. The number of para-hydroxylation sites is 1. The van der Waals surface area contributed by atoms with E-state index in [2.05, 4.69) is 31.1 Å². The minimum Gasteiger partial charge on any atom is -0.494 e. The number of thiazole rings is 1. The average molecular weight is 552 g/mol. The number of carbonyl (C=O) groups excluding carboxylic acids is 3. The first-order valence-corrected chi connectivity index (χ1v) is 13.5. The number of methoxy groups -OCH3 is 1. The van der Waals surface area contributed by atoms with E-state index in [9.17, 15) is 19.5 Å². The van der Waals surface area contributed by atoms with E-state index in [0.717, 1.165) is 25.7 Å². The van der Waals surface area contributed by atoms with Crippen molar-refractivity contribution in [3.8, 4) is 16.3 Å². The fraction of sp³-hybridized carbons (Fsp3) is 0.385. The van der Waals surface area contributed by atoms with Crippen LogP contribution in [0.25, 0.3) is 10.6 Å². The zero-order valence-corrected chi connectivity index (χ0v) is 22.1. The number of hydrogen-bond acceptors (Lipinski definition) is 10. The third kappa shape index (κ3) is 6.15. The molecule has 0 radical (unpaired) electrons. The highest BCUT2D eigenvalue weighted by atomic mass is 32.1. The third-order valence-corrected chi connectivity index (χ3v) is 7.74. The van der Waals surface area contributed by atoms with Crippen LogP contribution < -0.4 is 26.4 Å². The average Bonchev–Trinajstić information content (AvgIpc) is 3.66. The molecule has 0 unspecified atom stereocenters. The monoisotopic (exact) mass is 551 g/mol. The number of ether oxygens (including phenoxy) is 1. The Morgan fingerprint density at radius 1 is 1.08 bits per heavy atom. The second kappa shape index (κ2) is 11.3. The van der Waals surface area contributed by atoms with E-state index >= 15 is 0 Å². The van der Waals surface area contributed by atoms with E-state index in [1.54, 1.807) is 12.1 Å². The van der Waals surface area contributed by atoms with Gasteiger partial charge in [-0.15, -0.1) is 21.5 Å². The maximum Gasteiger partial charge on any atom is 0.271 e. The number of amides is 3. The van der Waals surface area contributed by atoms with Crippen LogP contribution in [-0.4, -0.2) is 57.3 Å². The fourth-order valence-electron chi connectivity index (χ4n) is 4.45. The third-order valence-electron chi connectivity index (χ3n) is 6.71. The summed E-state index contributed by atoms with van der Waals surface area (Å²) in [5.41, 5.74) is 6.79. The van der Waals surface area contributed by atoms with Gasteiger partial charge in [-0.25, -0.2) is 4.98 Å². The summed E-state index contributed by atoms with van der Waals surface area (Å²) in [5, 5.41) is 27.0. The normalized spacial score (nSPS) is 18.7. The Hall–Kier alpha value is -4.10. The summed E-state index contributed by atoms with van der Waals surface area (Å²) in [7, 11) is 1.50. The molecule has 2 aliphatic carbocycles. The van der Waals surface area contributed by atoms with Crippen LogP contribution in [0.3, 0.4) is 0 Å². The molecule has 0 bridgehead atoms. The fourth-order valence-corrected chi connectivity index (χ4v) is 5.29. The molecule has 6 N–H and O–H groups in total. The molecule has 2 fully saturated rings. The number of benzene rings is 1. The van der Waals surface area contributed by atoms with Gasteiger partial charge in [0.05, 0.1) is 36.3 Å². The van der Waals surface area contributed by atoms with Crippen LogP contribution in [0, 0.1) is 5.92 Å². The Balaban J connectivity index is 1.38. The Bertz CT molecular complexity index is 1400. The Morgan fingerprint density at radius 3 is 2.54 bits per heavy atom. The van der Waals surface area contributed by atoms with Crippen molar-refractivity contribution in [3.05, 3.63) is 41.0 Å². The summed E-state index contributed by atoms with van der Waals surface area (Å²) >= 11 is 1.23. The molecule has 13 heteroatoms. The lowest BCUT2D eigenvalue weighted by molar-refractivity contribution is -0.117. The van der Waals surface area contributed by atoms with Crippen LogP contribution in [0.5, 0.6) is 5.75 Å². The number of aliphatic hydroxyl groups excluding tert-OH is 1. The molecule has 1 aromatic carbocycles. The zero-order chi connectivity index (χ0) is 27.5. The summed E-state index contributed by atoms with van der Waals surface area (Å²) in [6.45, 7) is 0. The first kappa shape index (κ1) is 26.5. The highest BCUT2D eigenvalue weighted by molar-refractivity contribution is 7.17. The molecule has 0 aliphatic heterocycles. The number of rotatable bonds is 9. The van der Waals surface area contributed by atoms with Crippen LogP contribution in [-0.2, 0) is 4.79 Å². The van der Waals surface area contributed by atoms with Crippen LogP contribution in [0.15, 0.2) is 30.5 Å². The topological polar surface area (TPSA) is 181 Å². The van der Waals surface area contributed by atoms with Crippen molar-refractivity contribution in [2.45, 2.75) is 50.7 Å². The molecule has 2 saturated carbocycles. The molecule has 2 heterocycles. The van der Waals surface area contributed by atoms with E-state index in [0.29, 0.717) is 39.7 Å². The SMILES string of the molecule is COc1c(Nc2cc(NC(=O)C3CC3)nnc2C(N)=O)cccc1-c1ncc(C(=O)NC2CCC(O)CC2)s1. The Morgan fingerprint density at radius 2 is 1.85 bits per heavy atom. The molecular weight excluding hydrogens is 522 g/mol. The van der Waals surface area contributed by atoms with E-state index < -0.39 is 5.91 Å². The molecule has 204 valence electrons. The smallest absolute Gasteiger partial charge is 0.271 e. The number of nitrogens with two attached hydrogens (primary N) is 1. The molecule has 5 rings (SSSR count). The van der Waals surface area contributed by atoms with Crippen molar-refractivity contribution in [2.24, 2.45) is 11.7 Å². The lowest BCUT2D eigenvalue weighted by Gasteiger charge is -2.25. The van der Waals surface area contributed by atoms with Gasteiger partial charge >= 0.3 is 0 Å². The molecule has 2 aliphatic rings. The number of nitrogens with one attached hydrogen (secondary N) is 3. The molecule has 12 nitrogen and oxygen atoms in total. The van der Waals surface area contributed by atoms with Gasteiger partial charge in [0, 0.05) is 18.0 Å². The summed E-state index contributed by atoms with van der Waals surface area (Å²) < 4.78 is 5.70. The maximum atomic E-state index is 12.8. The highest BCUT2D eigenvalue weighted by Crippen LogP contribution is 2.40. The number of nitrogens with zero attached hydrogens (tertiary/aromatic N) is 3. The van der Waals surface area contributed by atoms with Gasteiger partial charge in [-0.05, 0) is 50.7 Å². The molecule has 2 aromatic heterocycles. The van der Waals surface area contributed by atoms with Crippen molar-refractivity contribution in [2.75, 3.05) is 17.7 Å². The number of aliphatic hydroxyl groups is 1. The molecule has 0 spiro atoms. The molecule has 3 amide bonds. The van der Waals surface area contributed by atoms with Gasteiger partial charge in [0.1, 0.15) is 9.88 Å². The largest absolute Gasteiger partial charge is 0.494 e. The zero-order valence-electron chi connectivity index (χ0n) is 21.3. The minimum atomic E-state index is -0.789. The molecular formula is C26H29N7O5S. The lowest BCUT2D eigenvalue weighted by Crippen LogP contribution is -2.38. The number of carbonyl (C=O) groups is 3. The summed E-state index contributed by atoms with van der Waals surface area (Å²) in [6, 6.07) is 6.86. The van der Waals surface area contributed by atoms with Crippen LogP contribution in [0.1, 0.15) is 58.7 Å². The van der Waals surface area contributed by atoms with Gasteiger partial charge in [0.2, 0.25) is 5.91 Å². The second-order valence-electron chi connectivity index (χ2n) is 9.64. The number of aromatic nitrogens is 3. The lowest BCUT2D eigenvalue weighted by atomic mass is 9.93. The van der Waals surface area contributed by atoms with Gasteiger partial charge in [-0.2, -0.15) is 0 Å². The quantitative estimate of drug-likeness (QED) is 0.267. The highest BCUT2D eigenvalue weighted by Gasteiger charge is 2.30. The summed E-state index contributed by atoms with van der Waals surface area (Å²) in [6.07, 6.45) is 5.73. The van der Waals surface area contributed by atoms with Crippen molar-refractivity contribution < 1.29 is 24.2 Å². The molecule has 0 atom stereocenters. The van der Waals surface area contributed by atoms with Gasteiger partial charge in [-0.3, -0.25) is 14.4 Å². The predicted molar refractivity (Wildman–Crippen MR) is 145 cm³/mol. The Kier molecular flexibility index (Phi) is 7.70. The standard InChI is InChI=1S/C26H29N7O5S/c1-38-22-16(26-28-12-19(39-26)25(37)29-14-7-9-15(34)10-8-14)3-2-4-17(22)30-18-11-20(31-24(36)13-5-6-13)32-33-21(18)23(27)35/h2-4,11-15,34H,5-10H2,1H3,(H2,27,35)(H,29,37)(H2,30,31,32,36). The van der Waals surface area contributed by atoms with Crippen LogP contribution >= 0.6 is 11.3 Å². The van der Waals surface area contributed by atoms with Gasteiger partial charge < -0.3 is 31.5 Å². The predicted octanol–water partition coefficient (Wildman–Crippen LogP) is 2.83. The van der Waals surface area contributed by atoms with E-state index in [1.807, 2.05) is 6.07 Å². The van der Waals surface area contributed by atoms with Crippen LogP contribution in [0.4, 0.5) is 17.2 Å². The Labute approximate surface area is 228 Å². The molecule has 3 aromatic rings. The van der Waals surface area contributed by atoms with Crippen molar-refractivity contribution in [1.29, 1.82) is 0 Å². The van der Waals surface area contributed by atoms with Crippen molar-refractivity contribution >= 4 is 46.3 Å².